The highest BCUT2D eigenvalue weighted by Crippen LogP contribution is 2.48. The van der Waals surface area contributed by atoms with Gasteiger partial charge in [0.05, 0.1) is 36.8 Å². The fourth-order valence-corrected chi connectivity index (χ4v) is 6.59. The summed E-state index contributed by atoms with van der Waals surface area (Å²) in [6.07, 6.45) is -6.16. The lowest BCUT2D eigenvalue weighted by molar-refractivity contribution is -0.984. The van der Waals surface area contributed by atoms with Gasteiger partial charge in [-0.2, -0.15) is 26.3 Å². The first-order chi connectivity index (χ1) is 18.3. The zero-order valence-electron chi connectivity index (χ0n) is 21.6. The summed E-state index contributed by atoms with van der Waals surface area (Å²) in [5, 5.41) is 12.5. The van der Waals surface area contributed by atoms with Gasteiger partial charge in [-0.05, 0) is 53.9 Å². The number of hydrogen-bond acceptors (Lipinski definition) is 3. The fraction of sp³-hybridized carbons (Fsp3) is 0.414. The van der Waals surface area contributed by atoms with Crippen LogP contribution in [0.4, 0.5) is 26.3 Å². The maximum atomic E-state index is 13.6. The van der Waals surface area contributed by atoms with Crippen LogP contribution in [0.1, 0.15) is 41.2 Å². The van der Waals surface area contributed by atoms with Crippen molar-refractivity contribution in [1.82, 2.24) is 4.98 Å². The molecule has 3 fully saturated rings. The van der Waals surface area contributed by atoms with Crippen molar-refractivity contribution in [1.29, 1.82) is 0 Å². The highest BCUT2D eigenvalue weighted by atomic mass is 79.9. The van der Waals surface area contributed by atoms with Gasteiger partial charge in [0.2, 0.25) is 0 Å². The topological polar surface area (TPSA) is 42.4 Å². The van der Waals surface area contributed by atoms with E-state index in [0.717, 1.165) is 18.6 Å². The van der Waals surface area contributed by atoms with Gasteiger partial charge >= 0.3 is 12.4 Å². The Hall–Kier alpha value is -2.63. The predicted octanol–water partition coefficient (Wildman–Crippen LogP) is 3.93. The number of alkyl halides is 6. The van der Waals surface area contributed by atoms with Crippen molar-refractivity contribution in [2.75, 3.05) is 20.2 Å². The Labute approximate surface area is 238 Å². The molecule has 0 radical (unpaired) electrons. The number of nitrogens with zero attached hydrogens (tertiary/aromatic N) is 2. The smallest absolute Gasteiger partial charge is 0.416 e. The number of benzene rings is 2. The molecule has 1 unspecified atom stereocenters. The van der Waals surface area contributed by atoms with E-state index in [4.69, 9.17) is 4.74 Å². The number of hydrogen-bond donors (Lipinski definition) is 1. The Morgan fingerprint density at radius 3 is 2.35 bits per heavy atom. The van der Waals surface area contributed by atoms with Crippen LogP contribution in [0.5, 0.6) is 5.75 Å². The van der Waals surface area contributed by atoms with Crippen LogP contribution in [-0.2, 0) is 18.9 Å². The summed E-state index contributed by atoms with van der Waals surface area (Å²) < 4.78 is 87.2. The van der Waals surface area contributed by atoms with Crippen molar-refractivity contribution >= 4 is 10.9 Å². The molecule has 11 heteroatoms. The van der Waals surface area contributed by atoms with E-state index in [0.29, 0.717) is 41.7 Å². The zero-order valence-corrected chi connectivity index (χ0v) is 23.2. The molecule has 6 rings (SSSR count). The Kier molecular flexibility index (Phi) is 8.33. The number of piperidine rings is 3. The lowest BCUT2D eigenvalue weighted by Gasteiger charge is -2.58. The van der Waals surface area contributed by atoms with Crippen LogP contribution in [0, 0.1) is 11.8 Å². The normalized spacial score (nSPS) is 25.4. The third kappa shape index (κ3) is 5.60. The number of pyridine rings is 1. The minimum absolute atomic E-state index is 0. The molecule has 1 N–H and O–H groups in total. The third-order valence-electron chi connectivity index (χ3n) is 8.49. The number of aromatic nitrogens is 1. The van der Waals surface area contributed by atoms with Gasteiger partial charge in [0.15, 0.2) is 0 Å². The van der Waals surface area contributed by atoms with E-state index in [-0.39, 0.29) is 51.5 Å². The Morgan fingerprint density at radius 1 is 1.07 bits per heavy atom. The SMILES string of the molecule is C=C[C@H]1C[N+]2(Cc3cc(C(F)(F)F)cc(C(F)(F)F)c3)CC[C@H]1C[C@@H]2[C@@H](O)c1ccnc2ccc(OC)cc12.[Br-]. The molecule has 40 heavy (non-hydrogen) atoms. The summed E-state index contributed by atoms with van der Waals surface area (Å²) in [4.78, 5) is 4.37. The second kappa shape index (κ2) is 11.0. The van der Waals surface area contributed by atoms with Crippen LogP contribution in [0.2, 0.25) is 0 Å². The molecule has 3 aliphatic heterocycles. The molecule has 0 saturated carbocycles. The fourth-order valence-electron chi connectivity index (χ4n) is 6.59. The molecule has 0 aliphatic carbocycles. The third-order valence-corrected chi connectivity index (χ3v) is 8.49. The second-order valence-electron chi connectivity index (χ2n) is 10.7. The molecule has 4 heterocycles. The van der Waals surface area contributed by atoms with Crippen molar-refractivity contribution in [2.45, 2.75) is 43.9 Å². The van der Waals surface area contributed by atoms with Gasteiger partial charge in [0, 0.05) is 35.9 Å². The number of aliphatic hydroxyl groups is 1. The maximum absolute atomic E-state index is 13.6. The van der Waals surface area contributed by atoms with Crippen molar-refractivity contribution in [3.63, 3.8) is 0 Å². The summed E-state index contributed by atoms with van der Waals surface area (Å²) in [5.74, 6) is 0.843. The van der Waals surface area contributed by atoms with Gasteiger partial charge in [0.1, 0.15) is 24.4 Å². The van der Waals surface area contributed by atoms with E-state index < -0.39 is 35.6 Å². The Bertz CT molecular complexity index is 1360. The van der Waals surface area contributed by atoms with Crippen LogP contribution in [0.3, 0.4) is 0 Å². The van der Waals surface area contributed by atoms with Crippen LogP contribution >= 0.6 is 0 Å². The first-order valence-corrected chi connectivity index (χ1v) is 12.7. The highest BCUT2D eigenvalue weighted by Gasteiger charge is 2.54. The standard InChI is InChI=1S/C29H29F6N2O2.BrH/c1-3-18-16-37(15-17-10-20(28(30,31)32)13-21(11-17)29(33,34)35)9-7-19(18)12-26(37)27(38)23-6-8-36-25-5-4-22(39-2)14-24(23)25;/h3-6,8,10-11,13-14,18-19,26-27,38H,1,7,9,12,15-16H2,2H3;1H/q+1;/p-1/t18-,19-,26+,27-,37?;/m0./s1. The summed E-state index contributed by atoms with van der Waals surface area (Å²) >= 11 is 0. The quantitative estimate of drug-likeness (QED) is 0.255. The summed E-state index contributed by atoms with van der Waals surface area (Å²) in [6.45, 7) is 4.86. The largest absolute Gasteiger partial charge is 1.00 e. The number of halogens is 7. The van der Waals surface area contributed by atoms with Crippen LogP contribution in [0.25, 0.3) is 10.9 Å². The molecule has 216 valence electrons. The Balaban J connectivity index is 0.00000370. The molecule has 2 bridgehead atoms. The maximum Gasteiger partial charge on any atom is 0.416 e. The lowest BCUT2D eigenvalue weighted by Crippen LogP contribution is -3.00. The molecule has 1 aromatic heterocycles. The average molecular weight is 631 g/mol. The zero-order chi connectivity index (χ0) is 28.2. The number of ether oxygens (including phenoxy) is 1. The van der Waals surface area contributed by atoms with E-state index in [1.807, 2.05) is 6.08 Å². The van der Waals surface area contributed by atoms with E-state index in [9.17, 15) is 31.4 Å². The van der Waals surface area contributed by atoms with Gasteiger partial charge in [0.25, 0.3) is 0 Å². The lowest BCUT2D eigenvalue weighted by atomic mass is 9.71. The average Bonchev–Trinajstić information content (AvgIpc) is 2.90. The van der Waals surface area contributed by atoms with Crippen molar-refractivity contribution in [2.24, 2.45) is 11.8 Å². The van der Waals surface area contributed by atoms with E-state index in [2.05, 4.69) is 11.6 Å². The molecule has 3 saturated heterocycles. The first-order valence-electron chi connectivity index (χ1n) is 12.7. The molecule has 5 atom stereocenters. The molecule has 4 nitrogen and oxygen atoms in total. The number of methoxy groups -OCH3 is 1. The van der Waals surface area contributed by atoms with Gasteiger partial charge < -0.3 is 31.3 Å². The number of quaternary nitrogens is 1. The molecule has 2 aromatic carbocycles. The molecular formula is C29H29BrF6N2O2. The minimum Gasteiger partial charge on any atom is -1.00 e. The van der Waals surface area contributed by atoms with Gasteiger partial charge in [-0.15, -0.1) is 6.58 Å². The molecular weight excluding hydrogens is 602 g/mol. The van der Waals surface area contributed by atoms with E-state index in [1.165, 1.54) is 7.11 Å². The van der Waals surface area contributed by atoms with Crippen molar-refractivity contribution < 1.29 is 57.7 Å². The number of rotatable bonds is 6. The first kappa shape index (κ1) is 30.3. The monoisotopic (exact) mass is 630 g/mol. The van der Waals surface area contributed by atoms with Crippen molar-refractivity contribution in [3.8, 4) is 5.75 Å². The molecule has 0 spiro atoms. The Morgan fingerprint density at radius 2 is 1.75 bits per heavy atom. The van der Waals surface area contributed by atoms with Gasteiger partial charge in [-0.1, -0.05) is 6.08 Å². The molecule has 3 aliphatic rings. The molecule has 0 amide bonds. The highest BCUT2D eigenvalue weighted by molar-refractivity contribution is 5.83. The van der Waals surface area contributed by atoms with Crippen LogP contribution in [0.15, 0.2) is 61.3 Å². The number of aliphatic hydroxyl groups excluding tert-OH is 1. The van der Waals surface area contributed by atoms with E-state index >= 15 is 0 Å². The van der Waals surface area contributed by atoms with Crippen molar-refractivity contribution in [3.05, 3.63) is 83.6 Å². The summed E-state index contributed by atoms with van der Waals surface area (Å²) in [7, 11) is 1.53. The second-order valence-corrected chi connectivity index (χ2v) is 10.7. The van der Waals surface area contributed by atoms with Crippen LogP contribution < -0.4 is 21.7 Å². The summed E-state index contributed by atoms with van der Waals surface area (Å²) in [5.41, 5.74) is -1.47. The van der Waals surface area contributed by atoms with Gasteiger partial charge in [-0.25, -0.2) is 0 Å². The van der Waals surface area contributed by atoms with Gasteiger partial charge in [-0.3, -0.25) is 4.98 Å². The van der Waals surface area contributed by atoms with Crippen LogP contribution in [-0.4, -0.2) is 40.8 Å². The predicted molar refractivity (Wildman–Crippen MR) is 134 cm³/mol. The summed E-state index contributed by atoms with van der Waals surface area (Å²) in [6, 6.07) is 8.34. The van der Waals surface area contributed by atoms with E-state index in [1.54, 1.807) is 30.5 Å². The minimum atomic E-state index is -4.93. The molecule has 3 aromatic rings. The number of fused-ring (bicyclic) bond motifs is 4.